The summed E-state index contributed by atoms with van der Waals surface area (Å²) in [7, 11) is 0. The molecule has 0 radical (unpaired) electrons. The molecular weight excluding hydrogens is 465 g/mol. The number of ether oxygens (including phenoxy) is 2. The monoisotopic (exact) mass is 483 g/mol. The summed E-state index contributed by atoms with van der Waals surface area (Å²) in [5, 5.41) is 0.434. The third-order valence-corrected chi connectivity index (χ3v) is 5.39. The molecule has 1 aliphatic heterocycles. The van der Waals surface area contributed by atoms with Crippen molar-refractivity contribution in [3.05, 3.63) is 58.7 Å². The number of halogens is 5. The summed E-state index contributed by atoms with van der Waals surface area (Å²) >= 11 is 0. The highest BCUT2D eigenvalue weighted by Crippen LogP contribution is 2.33. The molecule has 0 saturated carbocycles. The number of nitrogen functional groups attached to an aromatic ring is 1. The second-order valence-electron chi connectivity index (χ2n) is 7.52. The average Bonchev–Trinajstić information content (AvgIpc) is 3.26. The molecule has 1 aliphatic rings. The molecular formula is C21H18F5N5O3. The molecule has 0 aliphatic carbocycles. The zero-order valence-electron chi connectivity index (χ0n) is 17.7. The van der Waals surface area contributed by atoms with E-state index in [2.05, 4.69) is 19.7 Å². The van der Waals surface area contributed by atoms with Crippen LogP contribution in [-0.2, 0) is 22.7 Å². The van der Waals surface area contributed by atoms with Crippen molar-refractivity contribution < 1.29 is 36.2 Å². The van der Waals surface area contributed by atoms with Crippen molar-refractivity contribution in [3.63, 3.8) is 0 Å². The number of hydrogen-bond donors (Lipinski definition) is 1. The average molecular weight is 483 g/mol. The molecule has 0 spiro atoms. The van der Waals surface area contributed by atoms with Gasteiger partial charge in [0.2, 0.25) is 0 Å². The third kappa shape index (κ3) is 4.75. The van der Waals surface area contributed by atoms with E-state index in [-0.39, 0.29) is 30.4 Å². The lowest BCUT2D eigenvalue weighted by molar-refractivity contribution is -0.324. The highest BCUT2D eigenvalue weighted by atomic mass is 19.4. The molecule has 1 atom stereocenters. The van der Waals surface area contributed by atoms with Crippen LogP contribution in [0.2, 0.25) is 0 Å². The SMILES string of the molecule is CC(c1ncc(F)cn1)N(CCOC(F)(F)F)C(=O)c1cc2c3c(c(N)nc2cc1F)COC3. The number of aromatic nitrogens is 3. The lowest BCUT2D eigenvalue weighted by Crippen LogP contribution is -2.38. The number of alkyl halides is 3. The van der Waals surface area contributed by atoms with Gasteiger partial charge in [0.25, 0.3) is 5.91 Å². The molecule has 0 bridgehead atoms. The van der Waals surface area contributed by atoms with Crippen molar-refractivity contribution in [3.8, 4) is 0 Å². The molecule has 1 aromatic carbocycles. The molecule has 8 nitrogen and oxygen atoms in total. The molecule has 34 heavy (non-hydrogen) atoms. The number of pyridine rings is 1. The minimum atomic E-state index is -4.93. The fraction of sp³-hybridized carbons (Fsp3) is 0.333. The van der Waals surface area contributed by atoms with E-state index in [4.69, 9.17) is 10.5 Å². The van der Waals surface area contributed by atoms with Crippen LogP contribution in [0.4, 0.5) is 27.8 Å². The second kappa shape index (κ2) is 9.06. The van der Waals surface area contributed by atoms with E-state index in [9.17, 15) is 26.7 Å². The number of fused-ring (bicyclic) bond motifs is 3. The minimum Gasteiger partial charge on any atom is -0.383 e. The van der Waals surface area contributed by atoms with E-state index in [1.54, 1.807) is 0 Å². The minimum absolute atomic E-state index is 0.0494. The maximum Gasteiger partial charge on any atom is 0.522 e. The predicted molar refractivity (Wildman–Crippen MR) is 108 cm³/mol. The second-order valence-corrected chi connectivity index (χ2v) is 7.52. The van der Waals surface area contributed by atoms with Gasteiger partial charge in [0.15, 0.2) is 11.6 Å². The van der Waals surface area contributed by atoms with Crippen LogP contribution in [0.25, 0.3) is 10.9 Å². The first-order valence-electron chi connectivity index (χ1n) is 10.0. The first-order chi connectivity index (χ1) is 16.0. The van der Waals surface area contributed by atoms with Crippen LogP contribution < -0.4 is 5.73 Å². The standard InChI is InChI=1S/C21H18F5N5O3/c1-10(19-28-6-11(22)7-29-19)31(2-3-34-21(24,25)26)20(32)13-4-12-14-8-33-9-15(14)18(27)30-17(12)5-16(13)23/h4-7,10H,2-3,8-9H2,1H3,(H2,27,30). The zero-order valence-corrected chi connectivity index (χ0v) is 17.7. The van der Waals surface area contributed by atoms with Crippen LogP contribution in [0.1, 0.15) is 40.3 Å². The summed E-state index contributed by atoms with van der Waals surface area (Å²) in [4.78, 5) is 26.0. The molecule has 1 unspecified atom stereocenters. The van der Waals surface area contributed by atoms with Crippen molar-refractivity contribution in [1.82, 2.24) is 19.9 Å². The highest BCUT2D eigenvalue weighted by molar-refractivity contribution is 5.99. The molecule has 0 fully saturated rings. The Bertz CT molecular complexity index is 1240. The number of benzene rings is 1. The molecule has 4 rings (SSSR count). The largest absolute Gasteiger partial charge is 0.522 e. The van der Waals surface area contributed by atoms with Gasteiger partial charge in [-0.05, 0) is 18.6 Å². The van der Waals surface area contributed by atoms with Crippen molar-refractivity contribution in [1.29, 1.82) is 0 Å². The summed E-state index contributed by atoms with van der Waals surface area (Å²) in [6.07, 6.45) is -3.22. The fourth-order valence-electron chi connectivity index (χ4n) is 3.72. The predicted octanol–water partition coefficient (Wildman–Crippen LogP) is 3.66. The molecule has 0 saturated heterocycles. The summed E-state index contributed by atoms with van der Waals surface area (Å²) in [6, 6.07) is 1.27. The van der Waals surface area contributed by atoms with Crippen LogP contribution >= 0.6 is 0 Å². The van der Waals surface area contributed by atoms with Gasteiger partial charge >= 0.3 is 6.36 Å². The van der Waals surface area contributed by atoms with Crippen LogP contribution in [0.5, 0.6) is 0 Å². The molecule has 13 heteroatoms. The molecule has 1 amide bonds. The van der Waals surface area contributed by atoms with Gasteiger partial charge in [0.05, 0.1) is 49.3 Å². The van der Waals surface area contributed by atoms with Gasteiger partial charge in [0, 0.05) is 23.6 Å². The van der Waals surface area contributed by atoms with Crippen LogP contribution in [0.3, 0.4) is 0 Å². The van der Waals surface area contributed by atoms with Gasteiger partial charge in [0.1, 0.15) is 11.6 Å². The summed E-state index contributed by atoms with van der Waals surface area (Å²) < 4.78 is 75.0. The number of amides is 1. The normalized spacial score (nSPS) is 14.3. The van der Waals surface area contributed by atoms with E-state index in [0.717, 1.165) is 23.4 Å². The van der Waals surface area contributed by atoms with E-state index < -0.39 is 48.7 Å². The topological polar surface area (TPSA) is 103 Å². The Morgan fingerprint density at radius 1 is 1.21 bits per heavy atom. The third-order valence-electron chi connectivity index (χ3n) is 5.39. The lowest BCUT2D eigenvalue weighted by atomic mass is 10.0. The van der Waals surface area contributed by atoms with Crippen molar-refractivity contribution in [2.45, 2.75) is 32.5 Å². The number of carbonyl (C=O) groups is 1. The molecule has 2 aromatic heterocycles. The van der Waals surface area contributed by atoms with Gasteiger partial charge in [-0.25, -0.2) is 23.7 Å². The molecule has 2 N–H and O–H groups in total. The smallest absolute Gasteiger partial charge is 0.383 e. The number of nitrogens with two attached hydrogens (primary N) is 1. The number of nitrogens with zero attached hydrogens (tertiary/aromatic N) is 4. The Kier molecular flexibility index (Phi) is 6.32. The Labute approximate surface area is 189 Å². The van der Waals surface area contributed by atoms with Gasteiger partial charge in [-0.2, -0.15) is 0 Å². The Balaban J connectivity index is 1.73. The quantitative estimate of drug-likeness (QED) is 0.534. The van der Waals surface area contributed by atoms with Gasteiger partial charge in [-0.15, -0.1) is 13.2 Å². The number of rotatable bonds is 6. The molecule has 3 heterocycles. The number of hydrogen-bond acceptors (Lipinski definition) is 7. The first-order valence-corrected chi connectivity index (χ1v) is 10.0. The van der Waals surface area contributed by atoms with Crippen molar-refractivity contribution >= 4 is 22.6 Å². The fourth-order valence-corrected chi connectivity index (χ4v) is 3.72. The van der Waals surface area contributed by atoms with E-state index in [1.165, 1.54) is 13.0 Å². The number of carbonyl (C=O) groups excluding carboxylic acids is 1. The number of anilines is 1. The molecule has 180 valence electrons. The first kappa shape index (κ1) is 23.7. The van der Waals surface area contributed by atoms with Crippen LogP contribution in [-0.4, -0.2) is 45.3 Å². The van der Waals surface area contributed by atoms with Crippen molar-refractivity contribution in [2.75, 3.05) is 18.9 Å². The van der Waals surface area contributed by atoms with Crippen molar-refractivity contribution in [2.24, 2.45) is 0 Å². The van der Waals surface area contributed by atoms with E-state index in [1.807, 2.05) is 0 Å². The summed E-state index contributed by atoms with van der Waals surface area (Å²) in [6.45, 7) is 0.326. The lowest BCUT2D eigenvalue weighted by Gasteiger charge is -2.28. The maximum absolute atomic E-state index is 15.0. The Morgan fingerprint density at radius 3 is 2.56 bits per heavy atom. The Hall–Kier alpha value is -3.45. The van der Waals surface area contributed by atoms with E-state index >= 15 is 0 Å². The highest BCUT2D eigenvalue weighted by Gasteiger charge is 2.32. The summed E-state index contributed by atoms with van der Waals surface area (Å²) in [5.74, 6) is -2.48. The maximum atomic E-state index is 15.0. The zero-order chi connectivity index (χ0) is 24.6. The Morgan fingerprint density at radius 2 is 1.88 bits per heavy atom. The van der Waals surface area contributed by atoms with Crippen LogP contribution in [0, 0.1) is 11.6 Å². The van der Waals surface area contributed by atoms with E-state index in [0.29, 0.717) is 16.5 Å². The van der Waals surface area contributed by atoms with Crippen LogP contribution in [0.15, 0.2) is 24.5 Å². The van der Waals surface area contributed by atoms with Gasteiger partial charge in [-0.1, -0.05) is 0 Å². The molecule has 3 aromatic rings. The summed E-state index contributed by atoms with van der Waals surface area (Å²) in [5.41, 5.74) is 6.98. The van der Waals surface area contributed by atoms with Gasteiger partial charge < -0.3 is 15.4 Å². The van der Waals surface area contributed by atoms with Gasteiger partial charge in [-0.3, -0.25) is 9.53 Å².